The van der Waals surface area contributed by atoms with Gasteiger partial charge in [-0.25, -0.2) is 4.57 Å². The third-order valence-corrected chi connectivity index (χ3v) is 7.18. The zero-order valence-electron chi connectivity index (χ0n) is 22.4. The first-order chi connectivity index (χ1) is 17.6. The van der Waals surface area contributed by atoms with Crippen LogP contribution in [-0.2, 0) is 24.9 Å². The van der Waals surface area contributed by atoms with Crippen molar-refractivity contribution in [2.24, 2.45) is 0 Å². The number of unbranched alkanes of at least 4 members (excludes halogenated alkanes) is 12. The predicted molar refractivity (Wildman–Crippen MR) is 147 cm³/mol. The van der Waals surface area contributed by atoms with E-state index in [-0.39, 0.29) is 13.2 Å². The number of aryl methyl sites for hydroxylation is 1. The minimum atomic E-state index is -4.36. The summed E-state index contributed by atoms with van der Waals surface area (Å²) in [6.45, 7) is 4.78. The van der Waals surface area contributed by atoms with Gasteiger partial charge in [0.1, 0.15) is 0 Å². The van der Waals surface area contributed by atoms with Crippen molar-refractivity contribution in [1.29, 1.82) is 0 Å². The summed E-state index contributed by atoms with van der Waals surface area (Å²) in [4.78, 5) is 15.4. The summed E-state index contributed by atoms with van der Waals surface area (Å²) in [5, 5.41) is 1.83. The lowest BCUT2D eigenvalue weighted by atomic mass is 10.00. The topological polar surface area (TPSA) is 74.2 Å². The summed E-state index contributed by atoms with van der Waals surface area (Å²) < 4.78 is 27.2. The SMILES string of the molecule is CCCCCCCCCCCCCCCc1ccc2ccccc2c1OOP(=O)(O)OCCOCC. The first-order valence-electron chi connectivity index (χ1n) is 14.0. The summed E-state index contributed by atoms with van der Waals surface area (Å²) in [5.41, 5.74) is 0.964. The molecule has 0 amide bonds. The van der Waals surface area contributed by atoms with Crippen molar-refractivity contribution < 1.29 is 28.3 Å². The van der Waals surface area contributed by atoms with E-state index in [0.29, 0.717) is 12.4 Å². The molecule has 0 bridgehead atoms. The van der Waals surface area contributed by atoms with E-state index in [4.69, 9.17) is 18.8 Å². The van der Waals surface area contributed by atoms with Crippen LogP contribution in [0.15, 0.2) is 36.4 Å². The van der Waals surface area contributed by atoms with E-state index in [0.717, 1.165) is 35.6 Å². The van der Waals surface area contributed by atoms with Gasteiger partial charge in [0.2, 0.25) is 0 Å². The van der Waals surface area contributed by atoms with Crippen LogP contribution < -0.4 is 4.89 Å². The molecule has 2 aromatic carbocycles. The van der Waals surface area contributed by atoms with Crippen molar-refractivity contribution in [2.75, 3.05) is 19.8 Å². The first kappa shape index (κ1) is 30.8. The Morgan fingerprint density at radius 2 is 1.36 bits per heavy atom. The molecule has 0 heterocycles. The van der Waals surface area contributed by atoms with Gasteiger partial charge in [0, 0.05) is 12.0 Å². The number of benzene rings is 2. The summed E-state index contributed by atoms with van der Waals surface area (Å²) in [5.74, 6) is 0.481. The summed E-state index contributed by atoms with van der Waals surface area (Å²) in [6.07, 6.45) is 17.8. The molecule has 204 valence electrons. The second-order valence-electron chi connectivity index (χ2n) is 9.42. The minimum Gasteiger partial charge on any atom is -0.379 e. The van der Waals surface area contributed by atoms with Gasteiger partial charge in [0.25, 0.3) is 0 Å². The molecule has 1 N–H and O–H groups in total. The molecule has 1 unspecified atom stereocenters. The van der Waals surface area contributed by atoms with E-state index in [1.165, 1.54) is 70.6 Å². The van der Waals surface area contributed by atoms with Crippen molar-refractivity contribution in [3.63, 3.8) is 0 Å². The predicted octanol–water partition coefficient (Wildman–Crippen LogP) is 8.94. The van der Waals surface area contributed by atoms with Gasteiger partial charge < -0.3 is 14.5 Å². The van der Waals surface area contributed by atoms with E-state index in [1.807, 2.05) is 37.3 Å². The molecular formula is C29H47O6P. The average Bonchev–Trinajstić information content (AvgIpc) is 2.88. The third-order valence-electron chi connectivity index (χ3n) is 6.41. The number of ether oxygens (including phenoxy) is 1. The average molecular weight is 523 g/mol. The van der Waals surface area contributed by atoms with Crippen LogP contribution in [0.25, 0.3) is 10.8 Å². The highest BCUT2D eigenvalue weighted by atomic mass is 31.2. The highest BCUT2D eigenvalue weighted by Gasteiger charge is 2.25. The monoisotopic (exact) mass is 522 g/mol. The fourth-order valence-electron chi connectivity index (χ4n) is 4.38. The van der Waals surface area contributed by atoms with Crippen LogP contribution in [0.3, 0.4) is 0 Å². The van der Waals surface area contributed by atoms with E-state index >= 15 is 0 Å². The van der Waals surface area contributed by atoms with E-state index in [1.54, 1.807) is 0 Å². The molecule has 0 fully saturated rings. The van der Waals surface area contributed by atoms with Crippen LogP contribution in [0.4, 0.5) is 0 Å². The minimum absolute atomic E-state index is 0.0493. The molecule has 2 rings (SSSR count). The Balaban J connectivity index is 1.75. The maximum atomic E-state index is 12.2. The van der Waals surface area contributed by atoms with Gasteiger partial charge >= 0.3 is 7.82 Å². The molecule has 36 heavy (non-hydrogen) atoms. The molecule has 0 aliphatic rings. The molecule has 0 aliphatic carbocycles. The van der Waals surface area contributed by atoms with Crippen LogP contribution in [0.2, 0.25) is 0 Å². The standard InChI is InChI=1S/C29H47O6P/c1-3-5-6-7-8-9-10-11-12-13-14-15-16-20-27-23-22-26-19-17-18-21-28(26)29(27)34-35-36(30,31)33-25-24-32-4-2/h17-19,21-23H,3-16,20,24-25H2,1-2H3,(H,30,31). The molecule has 0 saturated heterocycles. The Hall–Kier alpha value is -1.43. The lowest BCUT2D eigenvalue weighted by Crippen LogP contribution is -2.06. The second kappa shape index (κ2) is 18.8. The molecule has 2 aromatic rings. The summed E-state index contributed by atoms with van der Waals surface area (Å²) in [6, 6.07) is 11.8. The Labute approximate surface area is 218 Å². The number of phosphoric ester groups is 1. The molecule has 0 radical (unpaired) electrons. The normalized spacial score (nSPS) is 13.2. The van der Waals surface area contributed by atoms with Gasteiger partial charge in [-0.2, -0.15) is 0 Å². The van der Waals surface area contributed by atoms with E-state index in [2.05, 4.69) is 13.0 Å². The van der Waals surface area contributed by atoms with E-state index in [9.17, 15) is 9.46 Å². The molecule has 0 aliphatic heterocycles. The molecular weight excluding hydrogens is 475 g/mol. The molecule has 0 saturated carbocycles. The van der Waals surface area contributed by atoms with Crippen LogP contribution in [0.5, 0.6) is 5.75 Å². The van der Waals surface area contributed by atoms with Crippen molar-refractivity contribution >= 4 is 18.6 Å². The maximum absolute atomic E-state index is 12.2. The van der Waals surface area contributed by atoms with Crippen LogP contribution in [0, 0.1) is 0 Å². The molecule has 1 atom stereocenters. The van der Waals surface area contributed by atoms with Gasteiger partial charge in [-0.3, -0.25) is 4.52 Å². The van der Waals surface area contributed by atoms with Gasteiger partial charge in [0.05, 0.1) is 13.2 Å². The molecule has 6 nitrogen and oxygen atoms in total. The van der Waals surface area contributed by atoms with Crippen LogP contribution in [-0.4, -0.2) is 24.7 Å². The molecule has 0 aromatic heterocycles. The third kappa shape index (κ3) is 12.7. The highest BCUT2D eigenvalue weighted by Crippen LogP contribution is 2.44. The lowest BCUT2D eigenvalue weighted by Gasteiger charge is -2.15. The highest BCUT2D eigenvalue weighted by molar-refractivity contribution is 7.47. The number of hydrogen-bond donors (Lipinski definition) is 1. The van der Waals surface area contributed by atoms with Gasteiger partial charge in [-0.05, 0) is 30.7 Å². The van der Waals surface area contributed by atoms with Gasteiger partial charge in [-0.15, -0.1) is 0 Å². The second-order valence-corrected chi connectivity index (χ2v) is 10.8. The zero-order chi connectivity index (χ0) is 25.9. The van der Waals surface area contributed by atoms with Crippen molar-refractivity contribution in [3.05, 3.63) is 42.0 Å². The summed E-state index contributed by atoms with van der Waals surface area (Å²) in [7, 11) is -4.36. The maximum Gasteiger partial charge on any atom is 0.508 e. The van der Waals surface area contributed by atoms with Crippen molar-refractivity contribution in [2.45, 2.75) is 104 Å². The quantitative estimate of drug-likeness (QED) is 0.0720. The lowest BCUT2D eigenvalue weighted by molar-refractivity contribution is -0.128. The number of phosphoric acid groups is 1. The Morgan fingerprint density at radius 3 is 2.00 bits per heavy atom. The fourth-order valence-corrected chi connectivity index (χ4v) is 4.90. The van der Waals surface area contributed by atoms with Crippen molar-refractivity contribution in [3.8, 4) is 5.75 Å². The van der Waals surface area contributed by atoms with Gasteiger partial charge in [-0.1, -0.05) is 125 Å². The smallest absolute Gasteiger partial charge is 0.379 e. The molecule has 0 spiro atoms. The van der Waals surface area contributed by atoms with Crippen molar-refractivity contribution in [1.82, 2.24) is 0 Å². The number of rotatable bonds is 22. The summed E-state index contributed by atoms with van der Waals surface area (Å²) >= 11 is 0. The molecule has 7 heteroatoms. The van der Waals surface area contributed by atoms with Crippen LogP contribution in [0.1, 0.15) is 103 Å². The number of fused-ring (bicyclic) bond motifs is 1. The van der Waals surface area contributed by atoms with Crippen LogP contribution >= 0.6 is 7.82 Å². The Morgan fingerprint density at radius 1 is 0.750 bits per heavy atom. The number of hydrogen-bond acceptors (Lipinski definition) is 5. The zero-order valence-corrected chi connectivity index (χ0v) is 23.3. The van der Waals surface area contributed by atoms with Gasteiger partial charge in [0.15, 0.2) is 5.75 Å². The Bertz CT molecular complexity index is 887. The van der Waals surface area contributed by atoms with E-state index < -0.39 is 7.82 Å². The Kier molecular flexibility index (Phi) is 16.0. The fraction of sp³-hybridized carbons (Fsp3) is 0.655. The largest absolute Gasteiger partial charge is 0.508 e. The first-order valence-corrected chi connectivity index (χ1v) is 15.5.